The topological polar surface area (TPSA) is 40.5 Å². The van der Waals surface area contributed by atoms with Crippen molar-refractivity contribution in [1.82, 2.24) is 0 Å². The first-order valence-electron chi connectivity index (χ1n) is 13.1. The zero-order chi connectivity index (χ0) is 27.1. The summed E-state index contributed by atoms with van der Waals surface area (Å²) < 4.78 is 0. The Labute approximate surface area is 222 Å². The van der Waals surface area contributed by atoms with Gasteiger partial charge in [0, 0.05) is 17.5 Å². The molecule has 0 saturated heterocycles. The van der Waals surface area contributed by atoms with E-state index in [0.717, 1.165) is 44.5 Å². The highest BCUT2D eigenvalue weighted by Gasteiger charge is 2.25. The molecule has 0 aliphatic heterocycles. The van der Waals surface area contributed by atoms with E-state index < -0.39 is 0 Å². The average Bonchev–Trinajstić information content (AvgIpc) is 2.81. The van der Waals surface area contributed by atoms with Gasteiger partial charge in [0.2, 0.25) is 0 Å². The molecule has 4 rings (SSSR count). The summed E-state index contributed by atoms with van der Waals surface area (Å²) in [5, 5.41) is 23.0. The molecule has 0 fully saturated rings. The van der Waals surface area contributed by atoms with E-state index in [9.17, 15) is 10.2 Å². The first kappa shape index (κ1) is 26.5. The fraction of sp³-hybridized carbons (Fsp3) is 0.314. The largest absolute Gasteiger partial charge is 0.507 e. The maximum Gasteiger partial charge on any atom is 0.122 e. The van der Waals surface area contributed by atoms with Crippen LogP contribution in [0.4, 0.5) is 0 Å². The Morgan fingerprint density at radius 2 is 0.892 bits per heavy atom. The van der Waals surface area contributed by atoms with Crippen molar-refractivity contribution in [3.63, 3.8) is 0 Å². The Bertz CT molecular complexity index is 1330. The van der Waals surface area contributed by atoms with Gasteiger partial charge >= 0.3 is 0 Å². The van der Waals surface area contributed by atoms with Crippen molar-refractivity contribution >= 4 is 0 Å². The molecule has 0 saturated carbocycles. The number of aromatic hydroxyl groups is 2. The number of rotatable bonds is 4. The maximum atomic E-state index is 11.5. The van der Waals surface area contributed by atoms with Crippen LogP contribution in [-0.4, -0.2) is 10.2 Å². The van der Waals surface area contributed by atoms with Gasteiger partial charge in [-0.25, -0.2) is 0 Å². The van der Waals surface area contributed by atoms with Gasteiger partial charge in [0.1, 0.15) is 11.5 Å². The molecule has 4 aromatic rings. The van der Waals surface area contributed by atoms with Gasteiger partial charge in [-0.1, -0.05) is 90.1 Å². The van der Waals surface area contributed by atoms with Crippen LogP contribution in [0, 0.1) is 13.8 Å². The normalized spacial score (nSPS) is 12.1. The number of phenolic OH excluding ortho intramolecular Hbond substituents is 2. The van der Waals surface area contributed by atoms with Crippen LogP contribution in [0.5, 0.6) is 11.5 Å². The van der Waals surface area contributed by atoms with Crippen molar-refractivity contribution in [2.45, 2.75) is 72.6 Å². The molecular weight excluding hydrogens is 452 g/mol. The van der Waals surface area contributed by atoms with Crippen LogP contribution in [0.1, 0.15) is 74.9 Å². The van der Waals surface area contributed by atoms with Gasteiger partial charge < -0.3 is 10.2 Å². The van der Waals surface area contributed by atoms with Crippen LogP contribution in [-0.2, 0) is 17.3 Å². The third-order valence-corrected chi connectivity index (χ3v) is 7.29. The Hall–Kier alpha value is -3.52. The second-order valence-electron chi connectivity index (χ2n) is 12.4. The molecular formula is C35H40O2. The van der Waals surface area contributed by atoms with Crippen LogP contribution in [0.2, 0.25) is 0 Å². The van der Waals surface area contributed by atoms with Crippen molar-refractivity contribution in [3.8, 4) is 33.8 Å². The Balaban J connectivity index is 1.95. The van der Waals surface area contributed by atoms with Gasteiger partial charge in [-0.15, -0.1) is 0 Å². The molecule has 2 nitrogen and oxygen atoms in total. The Morgan fingerprint density at radius 3 is 1.22 bits per heavy atom. The first-order chi connectivity index (χ1) is 17.3. The lowest BCUT2D eigenvalue weighted by atomic mass is 9.80. The van der Waals surface area contributed by atoms with E-state index >= 15 is 0 Å². The van der Waals surface area contributed by atoms with E-state index in [0.29, 0.717) is 17.9 Å². The fourth-order valence-corrected chi connectivity index (χ4v) is 5.11. The smallest absolute Gasteiger partial charge is 0.122 e. The van der Waals surface area contributed by atoms with E-state index in [4.69, 9.17) is 0 Å². The van der Waals surface area contributed by atoms with Gasteiger partial charge in [-0.2, -0.15) is 0 Å². The first-order valence-corrected chi connectivity index (χ1v) is 13.1. The summed E-state index contributed by atoms with van der Waals surface area (Å²) in [6.07, 6.45) is 0.434. The molecule has 2 N–H and O–H groups in total. The molecule has 0 atom stereocenters. The molecule has 0 amide bonds. The fourth-order valence-electron chi connectivity index (χ4n) is 5.11. The minimum Gasteiger partial charge on any atom is -0.507 e. The third-order valence-electron chi connectivity index (χ3n) is 7.29. The summed E-state index contributed by atoms with van der Waals surface area (Å²) >= 11 is 0. The van der Waals surface area contributed by atoms with Gasteiger partial charge in [-0.3, -0.25) is 0 Å². The molecule has 2 heteroatoms. The van der Waals surface area contributed by atoms with Crippen LogP contribution >= 0.6 is 0 Å². The zero-order valence-electron chi connectivity index (χ0n) is 23.5. The second kappa shape index (κ2) is 9.74. The number of benzene rings is 4. The summed E-state index contributed by atoms with van der Waals surface area (Å²) in [4.78, 5) is 0. The molecule has 192 valence electrons. The maximum absolute atomic E-state index is 11.5. The lowest BCUT2D eigenvalue weighted by molar-refractivity contribution is 0.436. The summed E-state index contributed by atoms with van der Waals surface area (Å²) in [6, 6.07) is 25.1. The Morgan fingerprint density at radius 1 is 0.541 bits per heavy atom. The highest BCUT2D eigenvalue weighted by Crippen LogP contribution is 2.42. The molecule has 0 heterocycles. The van der Waals surface area contributed by atoms with Gasteiger partial charge in [0.25, 0.3) is 0 Å². The minimum atomic E-state index is -0.237. The average molecular weight is 493 g/mol. The molecule has 0 radical (unpaired) electrons. The lowest BCUT2D eigenvalue weighted by Crippen LogP contribution is -2.14. The van der Waals surface area contributed by atoms with E-state index in [-0.39, 0.29) is 10.8 Å². The quantitative estimate of drug-likeness (QED) is 0.298. The standard InChI is InChI=1S/C35H40O2/c1-22-13-9-11-15-28(22)24-17-26(32(36)30(20-24)34(3,4)5)19-27-18-25(29-16-12-10-14-23(29)2)21-31(33(27)37)35(6,7)8/h9-18,20-21,36-37H,19H2,1-8H3. The predicted molar refractivity (Wildman–Crippen MR) is 157 cm³/mol. The number of hydrogen-bond donors (Lipinski definition) is 2. The van der Waals surface area contributed by atoms with Crippen molar-refractivity contribution < 1.29 is 10.2 Å². The Kier molecular flexibility index (Phi) is 6.99. The monoisotopic (exact) mass is 492 g/mol. The summed E-state index contributed by atoms with van der Waals surface area (Å²) in [6.45, 7) is 17.0. The molecule has 0 unspecified atom stereocenters. The number of hydrogen-bond acceptors (Lipinski definition) is 2. The molecule has 0 aromatic heterocycles. The third kappa shape index (κ3) is 5.44. The highest BCUT2D eigenvalue weighted by molar-refractivity contribution is 5.73. The van der Waals surface area contributed by atoms with Gasteiger partial charge in [0.05, 0.1) is 0 Å². The summed E-state index contributed by atoms with van der Waals surface area (Å²) in [5.41, 5.74) is 9.86. The van der Waals surface area contributed by atoms with Crippen LogP contribution in [0.15, 0.2) is 72.8 Å². The van der Waals surface area contributed by atoms with Crippen LogP contribution in [0.25, 0.3) is 22.3 Å². The van der Waals surface area contributed by atoms with E-state index in [1.165, 1.54) is 11.1 Å². The second-order valence-corrected chi connectivity index (χ2v) is 12.4. The molecule has 37 heavy (non-hydrogen) atoms. The van der Waals surface area contributed by atoms with Crippen molar-refractivity contribution in [2.75, 3.05) is 0 Å². The summed E-state index contributed by atoms with van der Waals surface area (Å²) in [5.74, 6) is 0.616. The summed E-state index contributed by atoms with van der Waals surface area (Å²) in [7, 11) is 0. The van der Waals surface area contributed by atoms with Crippen molar-refractivity contribution in [1.29, 1.82) is 0 Å². The highest BCUT2D eigenvalue weighted by atomic mass is 16.3. The zero-order valence-corrected chi connectivity index (χ0v) is 23.5. The van der Waals surface area contributed by atoms with Crippen LogP contribution < -0.4 is 0 Å². The van der Waals surface area contributed by atoms with E-state index in [1.54, 1.807) is 0 Å². The van der Waals surface area contributed by atoms with Crippen molar-refractivity contribution in [3.05, 3.63) is 106 Å². The van der Waals surface area contributed by atoms with E-state index in [2.05, 4.69) is 116 Å². The van der Waals surface area contributed by atoms with E-state index in [1.807, 2.05) is 12.1 Å². The van der Waals surface area contributed by atoms with Crippen molar-refractivity contribution in [2.24, 2.45) is 0 Å². The molecule has 0 spiro atoms. The molecule has 0 aliphatic rings. The van der Waals surface area contributed by atoms with Crippen LogP contribution in [0.3, 0.4) is 0 Å². The number of aryl methyl sites for hydroxylation is 2. The molecule has 0 bridgehead atoms. The molecule has 4 aromatic carbocycles. The van der Waals surface area contributed by atoms with Gasteiger partial charge in [-0.05, 0) is 93.5 Å². The number of phenols is 2. The molecule has 0 aliphatic carbocycles. The lowest BCUT2D eigenvalue weighted by Gasteiger charge is -2.26. The SMILES string of the molecule is Cc1ccccc1-c1cc(Cc2cc(-c3ccccc3C)cc(C(C)(C)C)c2O)c(O)c(C(C)(C)C)c1. The van der Waals surface area contributed by atoms with Gasteiger partial charge in [0.15, 0.2) is 0 Å². The predicted octanol–water partition coefficient (Wildman–Crippen LogP) is 9.23. The minimum absolute atomic E-state index is 0.237.